The molecule has 26 heavy (non-hydrogen) atoms. The van der Waals surface area contributed by atoms with Gasteiger partial charge in [-0.1, -0.05) is 29.8 Å². The van der Waals surface area contributed by atoms with Crippen molar-refractivity contribution < 1.29 is 4.39 Å². The lowest BCUT2D eigenvalue weighted by Crippen LogP contribution is -2.44. The van der Waals surface area contributed by atoms with Crippen LogP contribution in [0.2, 0.25) is 5.02 Å². The molecule has 1 saturated heterocycles. The van der Waals surface area contributed by atoms with E-state index in [0.29, 0.717) is 0 Å². The molecule has 2 aromatic rings. The third-order valence-corrected chi connectivity index (χ3v) is 7.03. The molecule has 0 aliphatic carbocycles. The van der Waals surface area contributed by atoms with Gasteiger partial charge in [0.15, 0.2) is 0 Å². The molecule has 0 atom stereocenters. The molecule has 0 radical (unpaired) electrons. The largest absolute Gasteiger partial charge is 0.311 e. The molecule has 4 rings (SSSR count). The number of hydrogen-bond donors (Lipinski definition) is 0. The standard InChI is InChI=1S/C21H22ClFN2S/c1-2-11-24-12-9-21(10-13-24)15-25(19-8-7-16(23)14-17(19)21)26-20-6-4-3-5-18(20)22/h2-8,14H,1,9-13,15H2. The highest BCUT2D eigenvalue weighted by Crippen LogP contribution is 2.51. The Morgan fingerprint density at radius 1 is 1.19 bits per heavy atom. The minimum atomic E-state index is -0.152. The molecule has 0 amide bonds. The van der Waals surface area contributed by atoms with E-state index in [1.54, 1.807) is 24.1 Å². The van der Waals surface area contributed by atoms with Gasteiger partial charge in [0.2, 0.25) is 0 Å². The predicted molar refractivity (Wildman–Crippen MR) is 109 cm³/mol. The van der Waals surface area contributed by atoms with E-state index in [1.165, 1.54) is 0 Å². The number of nitrogens with zero attached hydrogens (tertiary/aromatic N) is 2. The summed E-state index contributed by atoms with van der Waals surface area (Å²) < 4.78 is 16.3. The fourth-order valence-corrected chi connectivity index (χ4v) is 5.43. The average molecular weight is 389 g/mol. The lowest BCUT2D eigenvalue weighted by Gasteiger charge is -2.39. The number of fused-ring (bicyclic) bond motifs is 2. The Morgan fingerprint density at radius 3 is 2.69 bits per heavy atom. The summed E-state index contributed by atoms with van der Waals surface area (Å²) in [6, 6.07) is 13.1. The van der Waals surface area contributed by atoms with Crippen LogP contribution in [0.1, 0.15) is 18.4 Å². The Kier molecular flexibility index (Phi) is 5.00. The molecule has 2 nitrogen and oxygen atoms in total. The fraction of sp³-hybridized carbons (Fsp3) is 0.333. The molecule has 0 saturated carbocycles. The first-order valence-corrected chi connectivity index (χ1v) is 10.1. The summed E-state index contributed by atoms with van der Waals surface area (Å²) in [5, 5.41) is 0.753. The van der Waals surface area contributed by atoms with Crippen molar-refractivity contribution in [2.24, 2.45) is 0 Å². The summed E-state index contributed by atoms with van der Waals surface area (Å²) in [5.41, 5.74) is 2.28. The van der Waals surface area contributed by atoms with Crippen LogP contribution in [-0.4, -0.2) is 31.1 Å². The number of likely N-dealkylation sites (tertiary alicyclic amines) is 1. The van der Waals surface area contributed by atoms with Crippen molar-refractivity contribution in [2.45, 2.75) is 23.2 Å². The zero-order chi connectivity index (χ0) is 18.1. The highest BCUT2D eigenvalue weighted by molar-refractivity contribution is 8.00. The van der Waals surface area contributed by atoms with Crippen molar-refractivity contribution >= 4 is 29.2 Å². The molecule has 0 unspecified atom stereocenters. The Hall–Kier alpha value is -1.49. The number of anilines is 1. The molecule has 0 bridgehead atoms. The van der Waals surface area contributed by atoms with E-state index in [0.717, 1.165) is 60.2 Å². The molecular formula is C21H22ClFN2S. The van der Waals surface area contributed by atoms with E-state index in [1.807, 2.05) is 36.4 Å². The maximum absolute atomic E-state index is 14.0. The summed E-state index contributed by atoms with van der Waals surface area (Å²) in [4.78, 5) is 3.45. The molecule has 2 aromatic carbocycles. The first-order chi connectivity index (χ1) is 12.6. The van der Waals surface area contributed by atoms with Crippen LogP contribution in [0.4, 0.5) is 10.1 Å². The number of hydrogen-bond acceptors (Lipinski definition) is 3. The van der Waals surface area contributed by atoms with Gasteiger partial charge in [-0.2, -0.15) is 0 Å². The highest BCUT2D eigenvalue weighted by Gasteiger charge is 2.45. The van der Waals surface area contributed by atoms with Crippen molar-refractivity contribution in [3.63, 3.8) is 0 Å². The maximum atomic E-state index is 14.0. The van der Waals surface area contributed by atoms with Crippen molar-refractivity contribution in [3.8, 4) is 0 Å². The number of halogens is 2. The predicted octanol–water partition coefficient (Wildman–Crippen LogP) is 5.53. The van der Waals surface area contributed by atoms with Gasteiger partial charge in [0.25, 0.3) is 0 Å². The van der Waals surface area contributed by atoms with Gasteiger partial charge in [-0.25, -0.2) is 4.39 Å². The van der Waals surface area contributed by atoms with E-state index in [4.69, 9.17) is 11.6 Å². The highest BCUT2D eigenvalue weighted by atomic mass is 35.5. The Morgan fingerprint density at radius 2 is 1.96 bits per heavy atom. The molecule has 0 aromatic heterocycles. The number of benzene rings is 2. The molecule has 2 heterocycles. The monoisotopic (exact) mass is 388 g/mol. The zero-order valence-electron chi connectivity index (χ0n) is 14.6. The van der Waals surface area contributed by atoms with Crippen molar-refractivity contribution in [3.05, 3.63) is 71.5 Å². The molecule has 2 aliphatic rings. The molecule has 136 valence electrons. The SMILES string of the molecule is C=CCN1CCC2(CC1)CN(Sc1ccccc1Cl)c1ccc(F)cc12. The molecule has 2 aliphatic heterocycles. The summed E-state index contributed by atoms with van der Waals surface area (Å²) in [6.07, 6.45) is 4.04. The van der Waals surface area contributed by atoms with E-state index < -0.39 is 0 Å². The first-order valence-electron chi connectivity index (χ1n) is 8.95. The van der Waals surface area contributed by atoms with E-state index >= 15 is 0 Å². The minimum absolute atomic E-state index is 0.0172. The smallest absolute Gasteiger partial charge is 0.123 e. The molecular weight excluding hydrogens is 367 g/mol. The molecule has 0 N–H and O–H groups in total. The van der Waals surface area contributed by atoms with Gasteiger partial charge < -0.3 is 4.31 Å². The lowest BCUT2D eigenvalue weighted by molar-refractivity contribution is 0.182. The summed E-state index contributed by atoms with van der Waals surface area (Å²) >= 11 is 8.02. The van der Waals surface area contributed by atoms with Gasteiger partial charge in [-0.15, -0.1) is 6.58 Å². The summed E-state index contributed by atoms with van der Waals surface area (Å²) in [6.45, 7) is 7.70. The van der Waals surface area contributed by atoms with Crippen LogP contribution in [0.3, 0.4) is 0 Å². The van der Waals surface area contributed by atoms with Gasteiger partial charge in [-0.3, -0.25) is 4.90 Å². The summed E-state index contributed by atoms with van der Waals surface area (Å²) in [5.74, 6) is -0.152. The fourth-order valence-electron chi connectivity index (χ4n) is 4.09. The third-order valence-electron chi connectivity index (χ3n) is 5.49. The third kappa shape index (κ3) is 3.26. The van der Waals surface area contributed by atoms with Crippen molar-refractivity contribution in [1.82, 2.24) is 4.90 Å². The van der Waals surface area contributed by atoms with Gasteiger partial charge in [0.1, 0.15) is 5.82 Å². The van der Waals surface area contributed by atoms with Crippen LogP contribution in [-0.2, 0) is 5.41 Å². The average Bonchev–Trinajstić information content (AvgIpc) is 2.92. The van der Waals surface area contributed by atoms with Gasteiger partial charge in [-0.05, 0) is 73.8 Å². The Balaban J connectivity index is 1.64. The van der Waals surface area contributed by atoms with E-state index in [-0.39, 0.29) is 11.2 Å². The van der Waals surface area contributed by atoms with Gasteiger partial charge in [0.05, 0.1) is 10.7 Å². The zero-order valence-corrected chi connectivity index (χ0v) is 16.2. The van der Waals surface area contributed by atoms with Gasteiger partial charge >= 0.3 is 0 Å². The van der Waals surface area contributed by atoms with Crippen molar-refractivity contribution in [2.75, 3.05) is 30.5 Å². The van der Waals surface area contributed by atoms with Crippen LogP contribution in [0.25, 0.3) is 0 Å². The molecule has 1 fully saturated rings. The number of rotatable bonds is 4. The second kappa shape index (κ2) is 7.26. The van der Waals surface area contributed by atoms with E-state index in [2.05, 4.69) is 15.8 Å². The topological polar surface area (TPSA) is 6.48 Å². The lowest BCUT2D eigenvalue weighted by atomic mass is 9.74. The quantitative estimate of drug-likeness (QED) is 0.502. The Bertz CT molecular complexity index is 817. The minimum Gasteiger partial charge on any atom is -0.311 e. The second-order valence-corrected chi connectivity index (χ2v) is 8.56. The maximum Gasteiger partial charge on any atom is 0.123 e. The van der Waals surface area contributed by atoms with Crippen LogP contribution < -0.4 is 4.31 Å². The Labute approximate surface area is 163 Å². The number of piperidine rings is 1. The summed E-state index contributed by atoms with van der Waals surface area (Å²) in [7, 11) is 0. The van der Waals surface area contributed by atoms with Crippen molar-refractivity contribution in [1.29, 1.82) is 0 Å². The van der Waals surface area contributed by atoms with Gasteiger partial charge in [0, 0.05) is 23.4 Å². The van der Waals surface area contributed by atoms with Crippen LogP contribution in [0.15, 0.2) is 60.0 Å². The second-order valence-electron chi connectivity index (χ2n) is 7.09. The molecule has 5 heteroatoms. The normalized spacial score (nSPS) is 18.9. The van der Waals surface area contributed by atoms with E-state index in [9.17, 15) is 4.39 Å². The molecule has 1 spiro atoms. The first kappa shape index (κ1) is 17.9. The van der Waals surface area contributed by atoms with Crippen LogP contribution >= 0.6 is 23.5 Å². The van der Waals surface area contributed by atoms with Crippen LogP contribution in [0.5, 0.6) is 0 Å². The van der Waals surface area contributed by atoms with Crippen LogP contribution in [0, 0.1) is 5.82 Å².